The van der Waals surface area contributed by atoms with Gasteiger partial charge in [0.15, 0.2) is 0 Å². The highest BCUT2D eigenvalue weighted by atomic mass is 19.1. The van der Waals surface area contributed by atoms with Crippen LogP contribution in [0.5, 0.6) is 0 Å². The third-order valence-electron chi connectivity index (χ3n) is 2.07. The van der Waals surface area contributed by atoms with Gasteiger partial charge in [0.1, 0.15) is 11.6 Å². The molecular formula is C11H13F2NO2. The number of carbonyl (C=O) groups is 1. The number of benzene rings is 1. The van der Waals surface area contributed by atoms with Gasteiger partial charge < -0.3 is 4.74 Å². The molecule has 16 heavy (non-hydrogen) atoms. The molecule has 0 aliphatic rings. The topological polar surface area (TPSA) is 29.5 Å². The van der Waals surface area contributed by atoms with E-state index >= 15 is 0 Å². The van der Waals surface area contributed by atoms with E-state index in [-0.39, 0.29) is 18.7 Å². The maximum Gasteiger partial charge on any atom is 0.319 e. The van der Waals surface area contributed by atoms with Gasteiger partial charge >= 0.3 is 5.97 Å². The molecule has 0 saturated carbocycles. The smallest absolute Gasteiger partial charge is 0.319 e. The van der Waals surface area contributed by atoms with E-state index in [0.717, 1.165) is 18.2 Å². The van der Waals surface area contributed by atoms with Crippen LogP contribution in [0.1, 0.15) is 5.56 Å². The molecule has 1 rings (SSSR count). The van der Waals surface area contributed by atoms with Crippen molar-refractivity contribution >= 4 is 5.97 Å². The average molecular weight is 229 g/mol. The van der Waals surface area contributed by atoms with Crippen LogP contribution in [0, 0.1) is 11.6 Å². The molecule has 0 fully saturated rings. The minimum Gasteiger partial charge on any atom is -0.468 e. The Labute approximate surface area is 92.6 Å². The van der Waals surface area contributed by atoms with Gasteiger partial charge in [-0.1, -0.05) is 0 Å². The van der Waals surface area contributed by atoms with Crippen molar-refractivity contribution in [1.29, 1.82) is 0 Å². The van der Waals surface area contributed by atoms with Gasteiger partial charge in [0.2, 0.25) is 0 Å². The van der Waals surface area contributed by atoms with E-state index in [4.69, 9.17) is 0 Å². The molecule has 0 aromatic heterocycles. The molecule has 0 saturated heterocycles. The first-order valence-corrected chi connectivity index (χ1v) is 4.72. The van der Waals surface area contributed by atoms with Gasteiger partial charge in [0.25, 0.3) is 0 Å². The minimum atomic E-state index is -0.497. The molecule has 3 nitrogen and oxygen atoms in total. The highest BCUT2D eigenvalue weighted by Gasteiger charge is 2.10. The van der Waals surface area contributed by atoms with E-state index in [1.165, 1.54) is 7.11 Å². The fourth-order valence-electron chi connectivity index (χ4n) is 1.30. The number of rotatable bonds is 4. The minimum absolute atomic E-state index is 0.0342. The molecule has 0 spiro atoms. The molecule has 0 aliphatic carbocycles. The second kappa shape index (κ2) is 5.55. The first-order chi connectivity index (χ1) is 7.52. The van der Waals surface area contributed by atoms with Crippen molar-refractivity contribution in [1.82, 2.24) is 4.90 Å². The number of nitrogens with zero attached hydrogens (tertiary/aromatic N) is 1. The fourth-order valence-corrected chi connectivity index (χ4v) is 1.30. The van der Waals surface area contributed by atoms with E-state index < -0.39 is 17.6 Å². The number of methoxy groups -OCH3 is 1. The molecule has 0 atom stereocenters. The van der Waals surface area contributed by atoms with Crippen molar-refractivity contribution in [3.8, 4) is 0 Å². The SMILES string of the molecule is COC(=O)CN(C)Cc1cc(F)ccc1F. The van der Waals surface area contributed by atoms with Gasteiger partial charge in [-0.2, -0.15) is 0 Å². The van der Waals surface area contributed by atoms with E-state index in [2.05, 4.69) is 4.74 Å². The second-order valence-corrected chi connectivity index (χ2v) is 3.48. The Morgan fingerprint density at radius 2 is 2.12 bits per heavy atom. The second-order valence-electron chi connectivity index (χ2n) is 3.48. The Balaban J connectivity index is 2.65. The summed E-state index contributed by atoms with van der Waals surface area (Å²) in [6.45, 7) is 0.186. The fraction of sp³-hybridized carbons (Fsp3) is 0.364. The standard InChI is InChI=1S/C11H13F2NO2/c1-14(7-11(15)16-2)6-8-5-9(12)3-4-10(8)13/h3-5H,6-7H2,1-2H3. The molecular weight excluding hydrogens is 216 g/mol. The first-order valence-electron chi connectivity index (χ1n) is 4.72. The summed E-state index contributed by atoms with van der Waals surface area (Å²) in [7, 11) is 2.90. The van der Waals surface area contributed by atoms with Crippen LogP contribution in [0.3, 0.4) is 0 Å². The third kappa shape index (κ3) is 3.58. The van der Waals surface area contributed by atoms with Crippen molar-refractivity contribution in [3.63, 3.8) is 0 Å². The molecule has 5 heteroatoms. The maximum absolute atomic E-state index is 13.2. The van der Waals surface area contributed by atoms with Crippen molar-refractivity contribution in [2.24, 2.45) is 0 Å². The number of ether oxygens (including phenoxy) is 1. The Morgan fingerprint density at radius 1 is 1.44 bits per heavy atom. The van der Waals surface area contributed by atoms with Crippen LogP contribution in [-0.4, -0.2) is 31.6 Å². The summed E-state index contributed by atoms with van der Waals surface area (Å²) >= 11 is 0. The maximum atomic E-state index is 13.2. The Kier molecular flexibility index (Phi) is 4.37. The Hall–Kier alpha value is -1.49. The van der Waals surface area contributed by atoms with Crippen molar-refractivity contribution < 1.29 is 18.3 Å². The first kappa shape index (κ1) is 12.6. The Bertz CT molecular complexity index is 382. The van der Waals surface area contributed by atoms with Crippen LogP contribution < -0.4 is 0 Å². The third-order valence-corrected chi connectivity index (χ3v) is 2.07. The Morgan fingerprint density at radius 3 is 2.75 bits per heavy atom. The molecule has 0 N–H and O–H groups in total. The van der Waals surface area contributed by atoms with E-state index in [1.54, 1.807) is 11.9 Å². The quantitative estimate of drug-likeness (QED) is 0.734. The zero-order valence-electron chi connectivity index (χ0n) is 9.17. The molecule has 0 radical (unpaired) electrons. The highest BCUT2D eigenvalue weighted by Crippen LogP contribution is 2.11. The highest BCUT2D eigenvalue weighted by molar-refractivity contribution is 5.71. The zero-order chi connectivity index (χ0) is 12.1. The monoisotopic (exact) mass is 229 g/mol. The lowest BCUT2D eigenvalue weighted by atomic mass is 10.2. The van der Waals surface area contributed by atoms with Crippen LogP contribution in [0.4, 0.5) is 8.78 Å². The summed E-state index contributed by atoms with van der Waals surface area (Å²) in [5.74, 6) is -1.40. The van der Waals surface area contributed by atoms with E-state index in [0.29, 0.717) is 0 Å². The van der Waals surface area contributed by atoms with Gasteiger partial charge in [0, 0.05) is 12.1 Å². The summed E-state index contributed by atoms with van der Waals surface area (Å²) < 4.78 is 30.6. The van der Waals surface area contributed by atoms with Crippen LogP contribution in [0.25, 0.3) is 0 Å². The van der Waals surface area contributed by atoms with Crippen LogP contribution in [-0.2, 0) is 16.1 Å². The van der Waals surface area contributed by atoms with Gasteiger partial charge in [-0.05, 0) is 25.2 Å². The average Bonchev–Trinajstić information content (AvgIpc) is 2.23. The van der Waals surface area contributed by atoms with E-state index in [9.17, 15) is 13.6 Å². The van der Waals surface area contributed by atoms with Crippen molar-refractivity contribution in [2.45, 2.75) is 6.54 Å². The van der Waals surface area contributed by atoms with Gasteiger partial charge in [0.05, 0.1) is 13.7 Å². The molecule has 0 bridgehead atoms. The molecule has 0 aliphatic heterocycles. The largest absolute Gasteiger partial charge is 0.468 e. The molecule has 1 aromatic rings. The van der Waals surface area contributed by atoms with Crippen LogP contribution >= 0.6 is 0 Å². The molecule has 0 unspecified atom stereocenters. The van der Waals surface area contributed by atoms with Crippen LogP contribution in [0.15, 0.2) is 18.2 Å². The number of carbonyl (C=O) groups excluding carboxylic acids is 1. The summed E-state index contributed by atoms with van der Waals surface area (Å²) in [6, 6.07) is 3.24. The van der Waals surface area contributed by atoms with Gasteiger partial charge in [-0.15, -0.1) is 0 Å². The molecule has 0 heterocycles. The number of hydrogen-bond acceptors (Lipinski definition) is 3. The molecule has 0 amide bonds. The van der Waals surface area contributed by atoms with Gasteiger partial charge in [-0.25, -0.2) is 8.78 Å². The zero-order valence-corrected chi connectivity index (χ0v) is 9.17. The van der Waals surface area contributed by atoms with Crippen LogP contribution in [0.2, 0.25) is 0 Å². The normalized spacial score (nSPS) is 10.6. The predicted molar refractivity (Wildman–Crippen MR) is 54.7 cm³/mol. The number of hydrogen-bond donors (Lipinski definition) is 0. The van der Waals surface area contributed by atoms with Crippen molar-refractivity contribution in [3.05, 3.63) is 35.4 Å². The summed E-state index contributed by atoms with van der Waals surface area (Å²) in [4.78, 5) is 12.5. The van der Waals surface area contributed by atoms with Crippen molar-refractivity contribution in [2.75, 3.05) is 20.7 Å². The lowest BCUT2D eigenvalue weighted by Gasteiger charge is -2.15. The summed E-state index contributed by atoms with van der Waals surface area (Å²) in [6.07, 6.45) is 0. The number of likely N-dealkylation sites (N-methyl/N-ethyl adjacent to an activating group) is 1. The summed E-state index contributed by atoms with van der Waals surface area (Å²) in [5, 5.41) is 0. The molecule has 88 valence electrons. The number of esters is 1. The van der Waals surface area contributed by atoms with Gasteiger partial charge in [-0.3, -0.25) is 9.69 Å². The lowest BCUT2D eigenvalue weighted by molar-refractivity contribution is -0.141. The predicted octanol–water partition coefficient (Wildman–Crippen LogP) is 1.57. The molecule has 1 aromatic carbocycles. The number of halogens is 2. The summed E-state index contributed by atoms with van der Waals surface area (Å²) in [5.41, 5.74) is 0.214. The van der Waals surface area contributed by atoms with E-state index in [1.807, 2.05) is 0 Å². The lowest BCUT2D eigenvalue weighted by Crippen LogP contribution is -2.26.